The third-order valence-electron chi connectivity index (χ3n) is 4.97. The second kappa shape index (κ2) is 7.08. The van der Waals surface area contributed by atoms with Crippen molar-refractivity contribution in [3.63, 3.8) is 0 Å². The van der Waals surface area contributed by atoms with E-state index in [4.69, 9.17) is 16.6 Å². The molecule has 0 bridgehead atoms. The first kappa shape index (κ1) is 17.6. The number of carbonyl (C=O) groups excluding carboxylic acids is 1. The van der Waals surface area contributed by atoms with Gasteiger partial charge in [0.1, 0.15) is 11.6 Å². The molecule has 140 valence electrons. The van der Waals surface area contributed by atoms with Gasteiger partial charge in [0.15, 0.2) is 0 Å². The van der Waals surface area contributed by atoms with Gasteiger partial charge in [-0.1, -0.05) is 23.7 Å². The zero-order chi connectivity index (χ0) is 19.0. The number of para-hydroxylation sites is 2. The van der Waals surface area contributed by atoms with Crippen molar-refractivity contribution in [1.29, 1.82) is 0 Å². The molecular formula is C19H21ClN6O. The van der Waals surface area contributed by atoms with E-state index in [1.165, 1.54) is 0 Å². The van der Waals surface area contributed by atoms with Gasteiger partial charge >= 0.3 is 6.03 Å². The third kappa shape index (κ3) is 3.19. The first-order valence-electron chi connectivity index (χ1n) is 8.87. The molecule has 3 heterocycles. The van der Waals surface area contributed by atoms with Crippen LogP contribution in [0.15, 0.2) is 36.5 Å². The second-order valence-corrected chi connectivity index (χ2v) is 6.94. The van der Waals surface area contributed by atoms with Crippen LogP contribution in [0.2, 0.25) is 5.02 Å². The minimum absolute atomic E-state index is 0.0425. The number of anilines is 1. The number of hydrogen-bond acceptors (Lipinski definition) is 4. The maximum atomic E-state index is 11.8. The van der Waals surface area contributed by atoms with Crippen LogP contribution in [0, 0.1) is 0 Å². The molecule has 0 aliphatic carbocycles. The van der Waals surface area contributed by atoms with Crippen LogP contribution in [0.3, 0.4) is 0 Å². The Morgan fingerprint density at radius 1 is 1.19 bits per heavy atom. The minimum atomic E-state index is -0.0425. The lowest BCUT2D eigenvalue weighted by Gasteiger charge is -2.35. The average Bonchev–Trinajstić information content (AvgIpc) is 3.04. The fourth-order valence-electron chi connectivity index (χ4n) is 3.46. The summed E-state index contributed by atoms with van der Waals surface area (Å²) >= 11 is 6.46. The Morgan fingerprint density at radius 3 is 2.63 bits per heavy atom. The smallest absolute Gasteiger partial charge is 0.317 e. The summed E-state index contributed by atoms with van der Waals surface area (Å²) in [5, 5.41) is 3.24. The van der Waals surface area contributed by atoms with Crippen LogP contribution in [0.25, 0.3) is 22.4 Å². The summed E-state index contributed by atoms with van der Waals surface area (Å²) in [7, 11) is 3.64. The number of nitrogens with one attached hydrogen (secondary N) is 1. The molecule has 1 saturated heterocycles. The zero-order valence-electron chi connectivity index (χ0n) is 15.3. The van der Waals surface area contributed by atoms with Gasteiger partial charge in [-0.05, 0) is 18.2 Å². The molecule has 0 unspecified atom stereocenters. The van der Waals surface area contributed by atoms with Crippen LogP contribution in [0.1, 0.15) is 0 Å². The van der Waals surface area contributed by atoms with Crippen molar-refractivity contribution in [3.05, 3.63) is 41.6 Å². The number of hydrogen-bond donors (Lipinski definition) is 1. The van der Waals surface area contributed by atoms with Gasteiger partial charge in [0, 0.05) is 52.0 Å². The Morgan fingerprint density at radius 2 is 1.93 bits per heavy atom. The molecule has 0 spiro atoms. The summed E-state index contributed by atoms with van der Waals surface area (Å²) < 4.78 is 2.05. The van der Waals surface area contributed by atoms with E-state index in [1.54, 1.807) is 18.1 Å². The normalized spacial score (nSPS) is 14.6. The van der Waals surface area contributed by atoms with Gasteiger partial charge in [0.2, 0.25) is 0 Å². The standard InChI is InChI=1S/C19H21ClN6O/c1-21-19(27)26-9-7-25(8-10-26)17-11-13(14(20)12-22-17)18-23-15-5-3-4-6-16(15)24(18)2/h3-6,11-12H,7-10H2,1-2H3,(H,21,27). The number of carbonyl (C=O) groups is 1. The predicted octanol–water partition coefficient (Wildman–Crippen LogP) is 2.75. The molecule has 1 N–H and O–H groups in total. The second-order valence-electron chi connectivity index (χ2n) is 6.53. The van der Waals surface area contributed by atoms with Crippen LogP contribution in [-0.2, 0) is 7.05 Å². The Hall–Kier alpha value is -2.80. The molecule has 1 aliphatic heterocycles. The molecule has 1 fully saturated rings. The molecule has 8 heteroatoms. The monoisotopic (exact) mass is 384 g/mol. The lowest BCUT2D eigenvalue weighted by atomic mass is 10.2. The molecule has 1 aliphatic rings. The number of urea groups is 1. The van der Waals surface area contributed by atoms with Crippen molar-refractivity contribution in [2.75, 3.05) is 38.1 Å². The summed E-state index contributed by atoms with van der Waals surface area (Å²) in [4.78, 5) is 25.0. The van der Waals surface area contributed by atoms with Crippen molar-refractivity contribution < 1.29 is 4.79 Å². The molecule has 0 atom stereocenters. The summed E-state index contributed by atoms with van der Waals surface area (Å²) in [6.45, 7) is 2.77. The van der Waals surface area contributed by atoms with Crippen LogP contribution >= 0.6 is 11.6 Å². The maximum absolute atomic E-state index is 11.8. The lowest BCUT2D eigenvalue weighted by Crippen LogP contribution is -2.51. The molecule has 3 aromatic rings. The highest BCUT2D eigenvalue weighted by atomic mass is 35.5. The van der Waals surface area contributed by atoms with Gasteiger partial charge in [-0.3, -0.25) is 0 Å². The van der Waals surface area contributed by atoms with Gasteiger partial charge < -0.3 is 19.7 Å². The van der Waals surface area contributed by atoms with E-state index in [-0.39, 0.29) is 6.03 Å². The molecule has 0 radical (unpaired) electrons. The Bertz CT molecular complexity index is 993. The van der Waals surface area contributed by atoms with Crippen LogP contribution < -0.4 is 10.2 Å². The van der Waals surface area contributed by atoms with E-state index in [2.05, 4.69) is 15.2 Å². The minimum Gasteiger partial charge on any atom is -0.353 e. The van der Waals surface area contributed by atoms with Gasteiger partial charge in [-0.25, -0.2) is 14.8 Å². The van der Waals surface area contributed by atoms with Gasteiger partial charge in [-0.15, -0.1) is 0 Å². The number of rotatable bonds is 2. The molecule has 4 rings (SSSR count). The number of halogens is 1. The number of nitrogens with zero attached hydrogens (tertiary/aromatic N) is 5. The van der Waals surface area contributed by atoms with E-state index in [1.807, 2.05) is 41.9 Å². The molecule has 1 aromatic carbocycles. The lowest BCUT2D eigenvalue weighted by molar-refractivity contribution is 0.196. The number of amides is 2. The summed E-state index contributed by atoms with van der Waals surface area (Å²) in [5.74, 6) is 1.66. The fourth-order valence-corrected chi connectivity index (χ4v) is 3.64. The quantitative estimate of drug-likeness (QED) is 0.737. The average molecular weight is 385 g/mol. The van der Waals surface area contributed by atoms with Crippen molar-refractivity contribution in [3.8, 4) is 11.4 Å². The van der Waals surface area contributed by atoms with Crippen LogP contribution in [-0.4, -0.2) is 58.7 Å². The van der Waals surface area contributed by atoms with E-state index >= 15 is 0 Å². The SMILES string of the molecule is CNC(=O)N1CCN(c2cc(-c3nc4ccccc4n3C)c(Cl)cn2)CC1. The Kier molecular flexibility index (Phi) is 4.61. The highest BCUT2D eigenvalue weighted by Crippen LogP contribution is 2.31. The number of pyridine rings is 1. The number of piperazine rings is 1. The summed E-state index contributed by atoms with van der Waals surface area (Å²) in [6, 6.07) is 9.95. The van der Waals surface area contributed by atoms with Crippen LogP contribution in [0.5, 0.6) is 0 Å². The number of benzene rings is 1. The highest BCUT2D eigenvalue weighted by Gasteiger charge is 2.22. The molecule has 7 nitrogen and oxygen atoms in total. The predicted molar refractivity (Wildman–Crippen MR) is 107 cm³/mol. The number of aryl methyl sites for hydroxylation is 1. The molecule has 2 aromatic heterocycles. The summed E-state index contributed by atoms with van der Waals surface area (Å²) in [6.07, 6.45) is 1.68. The van der Waals surface area contributed by atoms with E-state index in [9.17, 15) is 4.79 Å². The van der Waals surface area contributed by atoms with Gasteiger partial charge in [0.05, 0.1) is 16.1 Å². The fraction of sp³-hybridized carbons (Fsp3) is 0.316. The Balaban J connectivity index is 1.64. The number of imidazole rings is 1. The topological polar surface area (TPSA) is 66.3 Å². The molecule has 2 amide bonds. The molecule has 0 saturated carbocycles. The van der Waals surface area contributed by atoms with Crippen molar-refractivity contribution in [2.24, 2.45) is 7.05 Å². The molecule has 27 heavy (non-hydrogen) atoms. The Labute approximate surface area is 162 Å². The third-order valence-corrected chi connectivity index (χ3v) is 5.27. The summed E-state index contributed by atoms with van der Waals surface area (Å²) in [5.41, 5.74) is 2.85. The van der Waals surface area contributed by atoms with E-state index < -0.39 is 0 Å². The first-order valence-corrected chi connectivity index (χ1v) is 9.25. The number of fused-ring (bicyclic) bond motifs is 1. The van der Waals surface area contributed by atoms with Crippen molar-refractivity contribution in [2.45, 2.75) is 0 Å². The van der Waals surface area contributed by atoms with Gasteiger partial charge in [0.25, 0.3) is 0 Å². The van der Waals surface area contributed by atoms with E-state index in [0.717, 1.165) is 41.3 Å². The van der Waals surface area contributed by atoms with Crippen molar-refractivity contribution >= 4 is 34.5 Å². The first-order chi connectivity index (χ1) is 13.1. The highest BCUT2D eigenvalue weighted by molar-refractivity contribution is 6.33. The van der Waals surface area contributed by atoms with E-state index in [0.29, 0.717) is 18.1 Å². The zero-order valence-corrected chi connectivity index (χ0v) is 16.1. The number of aromatic nitrogens is 3. The maximum Gasteiger partial charge on any atom is 0.317 e. The van der Waals surface area contributed by atoms with Gasteiger partial charge in [-0.2, -0.15) is 0 Å². The van der Waals surface area contributed by atoms with Crippen molar-refractivity contribution in [1.82, 2.24) is 24.8 Å². The molecular weight excluding hydrogens is 364 g/mol. The van der Waals surface area contributed by atoms with Crippen LogP contribution in [0.4, 0.5) is 10.6 Å². The largest absolute Gasteiger partial charge is 0.353 e.